The third-order valence-electron chi connectivity index (χ3n) is 2.18. The van der Waals surface area contributed by atoms with Crippen molar-refractivity contribution < 1.29 is 29.9 Å². The van der Waals surface area contributed by atoms with Gasteiger partial charge in [0, 0.05) is 7.11 Å². The predicted molar refractivity (Wildman–Crippen MR) is 43.9 cm³/mol. The molecule has 0 aromatic carbocycles. The largest absolute Gasteiger partial charge is 0.387 e. The molecule has 0 bridgehead atoms. The fraction of sp³-hybridized carbons (Fsp3) is 1.00. The van der Waals surface area contributed by atoms with Gasteiger partial charge in [-0.2, -0.15) is 0 Å². The number of aliphatic hydroxyl groups excluding tert-OH is 4. The van der Waals surface area contributed by atoms with Crippen LogP contribution in [0.3, 0.4) is 0 Å². The number of rotatable bonds is 2. The highest BCUT2D eigenvalue weighted by atomic mass is 16.7. The van der Waals surface area contributed by atoms with Crippen LogP contribution in [0, 0.1) is 0 Å². The second-order valence-electron chi connectivity index (χ2n) is 3.17. The minimum Gasteiger partial charge on any atom is -0.387 e. The fourth-order valence-electron chi connectivity index (χ4n) is 1.35. The van der Waals surface area contributed by atoms with Crippen molar-refractivity contribution in [3.8, 4) is 0 Å². The lowest BCUT2D eigenvalue weighted by Gasteiger charge is -2.40. The summed E-state index contributed by atoms with van der Waals surface area (Å²) in [5.74, 6) is 0. The van der Waals surface area contributed by atoms with Gasteiger partial charge >= 0.3 is 0 Å². The Hall–Kier alpha value is -0.280. The SMILES string of the molecule is CO[C@@H]1O[C@H]([C@H](N)O)[C@H](O)[C@H](O)[C@H]1O. The van der Waals surface area contributed by atoms with E-state index < -0.39 is 36.9 Å². The first-order valence-corrected chi connectivity index (χ1v) is 4.15. The van der Waals surface area contributed by atoms with Gasteiger partial charge in [-0.1, -0.05) is 0 Å². The Morgan fingerprint density at radius 2 is 1.79 bits per heavy atom. The van der Waals surface area contributed by atoms with Crippen LogP contribution in [0.2, 0.25) is 0 Å². The monoisotopic (exact) mass is 209 g/mol. The summed E-state index contributed by atoms with van der Waals surface area (Å²) in [4.78, 5) is 0. The van der Waals surface area contributed by atoms with E-state index in [0.717, 1.165) is 0 Å². The summed E-state index contributed by atoms with van der Waals surface area (Å²) in [7, 11) is 1.26. The molecule has 6 atom stereocenters. The normalized spacial score (nSPS) is 46.3. The third kappa shape index (κ3) is 2.04. The maximum atomic E-state index is 9.36. The van der Waals surface area contributed by atoms with Gasteiger partial charge in [-0.15, -0.1) is 0 Å². The van der Waals surface area contributed by atoms with Crippen LogP contribution in [0.1, 0.15) is 0 Å². The Labute approximate surface area is 80.7 Å². The maximum Gasteiger partial charge on any atom is 0.186 e. The van der Waals surface area contributed by atoms with Gasteiger partial charge in [-0.3, -0.25) is 0 Å². The zero-order valence-electron chi connectivity index (χ0n) is 7.65. The molecule has 0 aromatic heterocycles. The summed E-state index contributed by atoms with van der Waals surface area (Å²) in [5, 5.41) is 37.0. The third-order valence-corrected chi connectivity index (χ3v) is 2.18. The van der Waals surface area contributed by atoms with Crippen molar-refractivity contribution in [3.05, 3.63) is 0 Å². The van der Waals surface area contributed by atoms with Gasteiger partial charge in [-0.25, -0.2) is 0 Å². The quantitative estimate of drug-likeness (QED) is 0.302. The highest BCUT2D eigenvalue weighted by molar-refractivity contribution is 4.90. The zero-order valence-corrected chi connectivity index (χ0v) is 7.65. The fourth-order valence-corrected chi connectivity index (χ4v) is 1.35. The van der Waals surface area contributed by atoms with Crippen LogP contribution in [0.4, 0.5) is 0 Å². The molecule has 1 rings (SSSR count). The van der Waals surface area contributed by atoms with E-state index >= 15 is 0 Å². The number of methoxy groups -OCH3 is 1. The molecule has 0 aliphatic carbocycles. The lowest BCUT2D eigenvalue weighted by molar-refractivity contribution is -0.303. The van der Waals surface area contributed by atoms with Gasteiger partial charge in [-0.05, 0) is 0 Å². The minimum atomic E-state index is -1.46. The van der Waals surface area contributed by atoms with E-state index in [-0.39, 0.29) is 0 Å². The number of ether oxygens (including phenoxy) is 2. The van der Waals surface area contributed by atoms with Gasteiger partial charge in [0.25, 0.3) is 0 Å². The first-order valence-electron chi connectivity index (χ1n) is 4.15. The van der Waals surface area contributed by atoms with Crippen LogP contribution in [-0.4, -0.2) is 64.5 Å². The summed E-state index contributed by atoms with van der Waals surface area (Å²) in [6.45, 7) is 0. The van der Waals surface area contributed by atoms with Crippen molar-refractivity contribution in [3.63, 3.8) is 0 Å². The number of aliphatic hydroxyl groups is 4. The molecule has 0 radical (unpaired) electrons. The van der Waals surface area contributed by atoms with E-state index in [1.54, 1.807) is 0 Å². The highest BCUT2D eigenvalue weighted by Crippen LogP contribution is 2.22. The van der Waals surface area contributed by atoms with Crippen LogP contribution >= 0.6 is 0 Å². The van der Waals surface area contributed by atoms with E-state index in [0.29, 0.717) is 0 Å². The van der Waals surface area contributed by atoms with E-state index in [1.807, 2.05) is 0 Å². The molecule has 1 saturated heterocycles. The van der Waals surface area contributed by atoms with Crippen LogP contribution in [0.15, 0.2) is 0 Å². The molecule has 1 fully saturated rings. The summed E-state index contributed by atoms with van der Waals surface area (Å²) in [5.41, 5.74) is 5.10. The van der Waals surface area contributed by atoms with Gasteiger partial charge in [0.1, 0.15) is 30.6 Å². The van der Waals surface area contributed by atoms with E-state index in [1.165, 1.54) is 7.11 Å². The van der Waals surface area contributed by atoms with Crippen molar-refractivity contribution in [1.82, 2.24) is 0 Å². The second kappa shape index (κ2) is 4.49. The molecular formula is C7H15NO6. The highest BCUT2D eigenvalue weighted by Gasteiger charge is 2.45. The zero-order chi connectivity index (χ0) is 10.9. The van der Waals surface area contributed by atoms with Crippen LogP contribution < -0.4 is 5.73 Å². The topological polar surface area (TPSA) is 125 Å². The molecule has 1 aliphatic rings. The first kappa shape index (κ1) is 11.8. The van der Waals surface area contributed by atoms with Crippen molar-refractivity contribution in [2.45, 2.75) is 36.9 Å². The molecule has 7 nitrogen and oxygen atoms in total. The summed E-state index contributed by atoms with van der Waals surface area (Å²) in [6.07, 6.45) is -8.03. The number of hydrogen-bond acceptors (Lipinski definition) is 7. The summed E-state index contributed by atoms with van der Waals surface area (Å²) < 4.78 is 9.63. The molecule has 0 saturated carbocycles. The van der Waals surface area contributed by atoms with Gasteiger partial charge in [0.05, 0.1) is 0 Å². The second-order valence-corrected chi connectivity index (χ2v) is 3.17. The van der Waals surface area contributed by atoms with Crippen molar-refractivity contribution in [2.75, 3.05) is 7.11 Å². The minimum absolute atomic E-state index is 1.11. The van der Waals surface area contributed by atoms with Crippen molar-refractivity contribution >= 4 is 0 Å². The smallest absolute Gasteiger partial charge is 0.186 e. The first-order chi connectivity index (χ1) is 6.49. The summed E-state index contributed by atoms with van der Waals surface area (Å²) >= 11 is 0. The molecule has 0 unspecified atom stereocenters. The van der Waals surface area contributed by atoms with Crippen LogP contribution in [0.5, 0.6) is 0 Å². The molecule has 0 spiro atoms. The van der Waals surface area contributed by atoms with Crippen molar-refractivity contribution in [1.29, 1.82) is 0 Å². The molecule has 1 aliphatic heterocycles. The van der Waals surface area contributed by atoms with E-state index in [9.17, 15) is 15.3 Å². The van der Waals surface area contributed by atoms with Crippen molar-refractivity contribution in [2.24, 2.45) is 5.73 Å². The molecular weight excluding hydrogens is 194 g/mol. The molecule has 1 heterocycles. The van der Waals surface area contributed by atoms with E-state index in [4.69, 9.17) is 20.3 Å². The van der Waals surface area contributed by atoms with E-state index in [2.05, 4.69) is 0 Å². The predicted octanol–water partition coefficient (Wildman–Crippen LogP) is -3.28. The Kier molecular flexibility index (Phi) is 3.78. The summed E-state index contributed by atoms with van der Waals surface area (Å²) in [6, 6.07) is 0. The molecule has 0 amide bonds. The molecule has 84 valence electrons. The Bertz CT molecular complexity index is 187. The average molecular weight is 209 g/mol. The number of hydrogen-bond donors (Lipinski definition) is 5. The van der Waals surface area contributed by atoms with Crippen LogP contribution in [0.25, 0.3) is 0 Å². The van der Waals surface area contributed by atoms with Gasteiger partial charge in [0.2, 0.25) is 0 Å². The Morgan fingerprint density at radius 1 is 1.21 bits per heavy atom. The maximum absolute atomic E-state index is 9.36. The lowest BCUT2D eigenvalue weighted by Crippen LogP contribution is -2.62. The molecule has 7 heteroatoms. The Balaban J connectivity index is 2.73. The molecule has 6 N–H and O–H groups in total. The Morgan fingerprint density at radius 3 is 2.21 bits per heavy atom. The van der Waals surface area contributed by atoms with Crippen LogP contribution in [-0.2, 0) is 9.47 Å². The van der Waals surface area contributed by atoms with Gasteiger partial charge in [0.15, 0.2) is 6.29 Å². The standard InChI is InChI=1S/C7H15NO6/c1-13-7-4(11)2(9)3(10)5(14-7)6(8)12/h2-7,9-12H,8H2,1H3/t2-,3+,4+,5-,6+,7+/m0/s1. The van der Waals surface area contributed by atoms with Gasteiger partial charge < -0.3 is 35.6 Å². The molecule has 14 heavy (non-hydrogen) atoms. The molecule has 0 aromatic rings. The lowest BCUT2D eigenvalue weighted by atomic mass is 9.98. The number of nitrogens with two attached hydrogens (primary N) is 1. The average Bonchev–Trinajstić information content (AvgIpc) is 2.14.